The van der Waals surface area contributed by atoms with Crippen molar-refractivity contribution >= 4 is 23.5 Å². The Morgan fingerprint density at radius 2 is 1.84 bits per heavy atom. The zero-order valence-corrected chi connectivity index (χ0v) is 19.6. The van der Waals surface area contributed by atoms with Crippen LogP contribution in [0.4, 0.5) is 0 Å². The van der Waals surface area contributed by atoms with E-state index in [1.807, 2.05) is 13.8 Å². The van der Waals surface area contributed by atoms with Gasteiger partial charge >= 0.3 is 0 Å². The lowest BCUT2D eigenvalue weighted by Gasteiger charge is -2.39. The van der Waals surface area contributed by atoms with Crippen LogP contribution in [0.15, 0.2) is 34.0 Å². The van der Waals surface area contributed by atoms with E-state index < -0.39 is 11.8 Å². The maximum Gasteiger partial charge on any atom is 0.227 e. The van der Waals surface area contributed by atoms with Gasteiger partial charge in [-0.05, 0) is 29.5 Å². The van der Waals surface area contributed by atoms with Gasteiger partial charge in [0, 0.05) is 17.7 Å². The van der Waals surface area contributed by atoms with Gasteiger partial charge in [-0.15, -0.1) is 0 Å². The fraction of sp³-hybridized carbons (Fsp3) is 0.435. The third-order valence-electron chi connectivity index (χ3n) is 5.51. The largest absolute Gasteiger partial charge is 0.493 e. The number of carbonyl (C=O) groups is 2. The Kier molecular flexibility index (Phi) is 6.74. The predicted octanol–water partition coefficient (Wildman–Crippen LogP) is 3.00. The number of nitrogens with zero attached hydrogens (tertiary/aromatic N) is 1. The first kappa shape index (κ1) is 23.5. The molecule has 8 nitrogen and oxygen atoms in total. The predicted molar refractivity (Wildman–Crippen MR) is 121 cm³/mol. The molecule has 3 N–H and O–H groups in total. The highest BCUT2D eigenvalue weighted by Crippen LogP contribution is 2.50. The average molecular weight is 458 g/mol. The fourth-order valence-corrected chi connectivity index (χ4v) is 5.04. The Hall–Kier alpha value is -3.12. The maximum absolute atomic E-state index is 13.3. The molecule has 0 radical (unpaired) electrons. The molecule has 1 atom stereocenters. The molecular formula is C23H27N3O5S. The van der Waals surface area contributed by atoms with Crippen molar-refractivity contribution in [2.45, 2.75) is 32.6 Å². The number of thioether (sulfide) groups is 1. The lowest BCUT2D eigenvalue weighted by Crippen LogP contribution is -2.37. The van der Waals surface area contributed by atoms with Crippen LogP contribution in [0.3, 0.4) is 0 Å². The summed E-state index contributed by atoms with van der Waals surface area (Å²) in [6.07, 6.45) is 1.01. The Labute approximate surface area is 191 Å². The van der Waals surface area contributed by atoms with Gasteiger partial charge in [0.2, 0.25) is 11.7 Å². The van der Waals surface area contributed by atoms with Crippen molar-refractivity contribution in [2.24, 2.45) is 11.1 Å². The summed E-state index contributed by atoms with van der Waals surface area (Å²) in [7, 11) is 4.53. The minimum absolute atomic E-state index is 0.00937. The van der Waals surface area contributed by atoms with Crippen LogP contribution >= 0.6 is 11.8 Å². The van der Waals surface area contributed by atoms with Gasteiger partial charge in [0.25, 0.3) is 0 Å². The van der Waals surface area contributed by atoms with Gasteiger partial charge in [0.1, 0.15) is 0 Å². The van der Waals surface area contributed by atoms with Gasteiger partial charge in [0.15, 0.2) is 17.3 Å². The minimum atomic E-state index is -0.635. The molecule has 2 aliphatic rings. The van der Waals surface area contributed by atoms with Crippen molar-refractivity contribution in [1.29, 1.82) is 5.26 Å². The summed E-state index contributed by atoms with van der Waals surface area (Å²) in [6, 6.07) is 5.75. The third-order valence-corrected chi connectivity index (χ3v) is 6.55. The molecule has 1 unspecified atom stereocenters. The van der Waals surface area contributed by atoms with Crippen LogP contribution in [0.1, 0.15) is 38.2 Å². The van der Waals surface area contributed by atoms with Crippen molar-refractivity contribution < 1.29 is 23.8 Å². The van der Waals surface area contributed by atoms with Crippen molar-refractivity contribution in [3.8, 4) is 23.3 Å². The average Bonchev–Trinajstić information content (AvgIpc) is 2.74. The molecule has 0 fully saturated rings. The number of dihydropyridines is 1. The molecule has 9 heteroatoms. The van der Waals surface area contributed by atoms with Crippen LogP contribution in [-0.2, 0) is 9.59 Å². The van der Waals surface area contributed by atoms with Crippen LogP contribution in [-0.4, -0.2) is 38.8 Å². The number of ether oxygens (including phenoxy) is 3. The Morgan fingerprint density at radius 1 is 1.22 bits per heavy atom. The van der Waals surface area contributed by atoms with E-state index in [1.165, 1.54) is 21.3 Å². The molecule has 0 spiro atoms. The van der Waals surface area contributed by atoms with E-state index in [2.05, 4.69) is 11.4 Å². The van der Waals surface area contributed by atoms with Gasteiger partial charge in [-0.1, -0.05) is 25.6 Å². The summed E-state index contributed by atoms with van der Waals surface area (Å²) in [5, 5.41) is 13.9. The van der Waals surface area contributed by atoms with Gasteiger partial charge in [-0.2, -0.15) is 5.26 Å². The number of amides is 1. The number of carbonyl (C=O) groups excluding carboxylic acids is 2. The zero-order chi connectivity index (χ0) is 23.6. The highest BCUT2D eigenvalue weighted by Gasteiger charge is 2.42. The van der Waals surface area contributed by atoms with Crippen molar-refractivity contribution in [2.75, 3.05) is 27.1 Å². The van der Waals surface area contributed by atoms with Crippen molar-refractivity contribution in [1.82, 2.24) is 5.32 Å². The first-order valence-corrected chi connectivity index (χ1v) is 11.0. The summed E-state index contributed by atoms with van der Waals surface area (Å²) < 4.78 is 16.4. The van der Waals surface area contributed by atoms with Gasteiger partial charge in [0.05, 0.1) is 49.7 Å². The number of hydrogen-bond acceptors (Lipinski definition) is 8. The number of benzene rings is 1. The Morgan fingerprint density at radius 3 is 2.34 bits per heavy atom. The molecule has 1 aliphatic carbocycles. The number of primary amides is 1. The van der Waals surface area contributed by atoms with Crippen LogP contribution < -0.4 is 25.3 Å². The topological polar surface area (TPSA) is 124 Å². The van der Waals surface area contributed by atoms with E-state index in [-0.39, 0.29) is 17.0 Å². The number of ketones is 1. The second-order valence-corrected chi connectivity index (χ2v) is 9.45. The van der Waals surface area contributed by atoms with E-state index in [1.54, 1.807) is 12.1 Å². The zero-order valence-electron chi connectivity index (χ0n) is 18.8. The number of rotatable bonds is 7. The molecule has 0 saturated carbocycles. The first-order valence-electron chi connectivity index (χ1n) is 10.0. The number of methoxy groups -OCH3 is 3. The summed E-state index contributed by atoms with van der Waals surface area (Å²) in [5.74, 6) is 0.132. The first-order chi connectivity index (χ1) is 15.1. The summed E-state index contributed by atoms with van der Waals surface area (Å²) in [4.78, 5) is 24.7. The highest BCUT2D eigenvalue weighted by atomic mass is 32.2. The van der Waals surface area contributed by atoms with Crippen molar-refractivity contribution in [3.63, 3.8) is 0 Å². The number of hydrogen-bond donors (Lipinski definition) is 2. The molecule has 1 amide bonds. The number of nitriles is 1. The van der Waals surface area contributed by atoms with Crippen molar-refractivity contribution in [3.05, 3.63) is 39.6 Å². The minimum Gasteiger partial charge on any atom is -0.493 e. The van der Waals surface area contributed by atoms with Gasteiger partial charge in [-0.3, -0.25) is 9.59 Å². The molecule has 1 aromatic carbocycles. The van der Waals surface area contributed by atoms with E-state index in [0.29, 0.717) is 51.8 Å². The molecule has 0 aromatic heterocycles. The summed E-state index contributed by atoms with van der Waals surface area (Å²) in [5.41, 5.74) is 7.43. The Balaban J connectivity index is 2.25. The second-order valence-electron chi connectivity index (χ2n) is 8.46. The van der Waals surface area contributed by atoms with E-state index in [9.17, 15) is 14.9 Å². The molecule has 0 saturated heterocycles. The van der Waals surface area contributed by atoms with Crippen LogP contribution in [0.2, 0.25) is 0 Å². The standard InChI is InChI=1S/C23H27N3O5S/c1-23(2)8-14-20(15(27)9-23)19(13(10-24)22(26-14)32-11-18(25)28)12-6-16(29-3)21(31-5)17(7-12)30-4/h6-7,19,26H,8-9,11H2,1-5H3,(H2,25,28). The molecule has 170 valence electrons. The quantitative estimate of drug-likeness (QED) is 0.640. The highest BCUT2D eigenvalue weighted by molar-refractivity contribution is 8.03. The molecule has 1 heterocycles. The molecule has 3 rings (SSSR count). The normalized spacial score (nSPS) is 19.6. The molecule has 1 aromatic rings. The third kappa shape index (κ3) is 4.41. The Bertz CT molecular complexity index is 1040. The number of nitrogens with two attached hydrogens (primary N) is 1. The van der Waals surface area contributed by atoms with E-state index >= 15 is 0 Å². The number of Topliss-reactive ketones (excluding diaryl/α,β-unsaturated/α-hetero) is 1. The molecular weight excluding hydrogens is 430 g/mol. The molecule has 32 heavy (non-hydrogen) atoms. The summed E-state index contributed by atoms with van der Waals surface area (Å²) in [6.45, 7) is 4.06. The molecule has 0 bridgehead atoms. The summed E-state index contributed by atoms with van der Waals surface area (Å²) >= 11 is 1.16. The van der Waals surface area contributed by atoms with Gasteiger partial charge < -0.3 is 25.3 Å². The van der Waals surface area contributed by atoms with E-state index in [0.717, 1.165) is 17.5 Å². The SMILES string of the molecule is COc1cc(C2C(C#N)=C(SCC(N)=O)NC3=C2C(=O)CC(C)(C)C3)cc(OC)c1OC. The monoisotopic (exact) mass is 457 g/mol. The lowest BCUT2D eigenvalue weighted by molar-refractivity contribution is -0.118. The van der Waals surface area contributed by atoms with E-state index in [4.69, 9.17) is 19.9 Å². The van der Waals surface area contributed by atoms with Crippen LogP contribution in [0, 0.1) is 16.7 Å². The number of nitrogens with one attached hydrogen (secondary N) is 1. The second kappa shape index (κ2) is 9.17. The lowest BCUT2D eigenvalue weighted by atomic mass is 9.69. The van der Waals surface area contributed by atoms with Crippen LogP contribution in [0.25, 0.3) is 0 Å². The fourth-order valence-electron chi connectivity index (χ4n) is 4.23. The van der Waals surface area contributed by atoms with Gasteiger partial charge in [-0.25, -0.2) is 0 Å². The molecule has 1 aliphatic heterocycles. The van der Waals surface area contributed by atoms with Crippen LogP contribution in [0.5, 0.6) is 17.2 Å². The smallest absolute Gasteiger partial charge is 0.227 e. The maximum atomic E-state index is 13.3. The number of allylic oxidation sites excluding steroid dienone is 3.